The van der Waals surface area contributed by atoms with Gasteiger partial charge >= 0.3 is 5.97 Å². The molecule has 9 heavy (non-hydrogen) atoms. The fourth-order valence-corrected chi connectivity index (χ4v) is 0.752. The molecule has 0 amide bonds. The topological polar surface area (TPSA) is 58.6 Å². The number of hydrogen-bond acceptors (Lipinski definition) is 3. The molecular formula is C5H9NO3. The zero-order chi connectivity index (χ0) is 6.69. The van der Waals surface area contributed by atoms with Gasteiger partial charge in [-0.2, -0.15) is 5.48 Å². The first kappa shape index (κ1) is 6.51. The van der Waals surface area contributed by atoms with E-state index in [1.807, 2.05) is 0 Å². The van der Waals surface area contributed by atoms with Crippen molar-refractivity contribution >= 4 is 5.97 Å². The molecule has 0 bridgehead atoms. The third-order valence-electron chi connectivity index (χ3n) is 1.26. The SMILES string of the molecule is O=C(O)[C@@H]1CCCON1. The van der Waals surface area contributed by atoms with Crippen molar-refractivity contribution in [3.63, 3.8) is 0 Å². The van der Waals surface area contributed by atoms with Gasteiger partial charge in [0.1, 0.15) is 6.04 Å². The van der Waals surface area contributed by atoms with Gasteiger partial charge in [-0.25, -0.2) is 0 Å². The molecule has 4 nitrogen and oxygen atoms in total. The van der Waals surface area contributed by atoms with Crippen LogP contribution in [0.1, 0.15) is 12.8 Å². The fourth-order valence-electron chi connectivity index (χ4n) is 0.752. The van der Waals surface area contributed by atoms with Crippen LogP contribution in [-0.2, 0) is 9.63 Å². The van der Waals surface area contributed by atoms with Crippen LogP contribution in [0.15, 0.2) is 0 Å². The minimum absolute atomic E-state index is 0.501. The molecule has 1 rings (SSSR count). The van der Waals surface area contributed by atoms with Gasteiger partial charge < -0.3 is 9.94 Å². The van der Waals surface area contributed by atoms with E-state index in [0.29, 0.717) is 13.0 Å². The first-order chi connectivity index (χ1) is 4.30. The predicted octanol–water partition coefficient (Wildman–Crippen LogP) is -0.245. The van der Waals surface area contributed by atoms with Crippen molar-refractivity contribution in [3.05, 3.63) is 0 Å². The number of carbonyl (C=O) groups is 1. The highest BCUT2D eigenvalue weighted by molar-refractivity contribution is 5.73. The van der Waals surface area contributed by atoms with E-state index < -0.39 is 12.0 Å². The van der Waals surface area contributed by atoms with Crippen LogP contribution in [0.5, 0.6) is 0 Å². The van der Waals surface area contributed by atoms with Crippen molar-refractivity contribution in [2.24, 2.45) is 0 Å². The number of nitrogens with one attached hydrogen (secondary N) is 1. The summed E-state index contributed by atoms with van der Waals surface area (Å²) in [4.78, 5) is 14.9. The van der Waals surface area contributed by atoms with E-state index in [1.54, 1.807) is 0 Å². The zero-order valence-electron chi connectivity index (χ0n) is 4.96. The summed E-state index contributed by atoms with van der Waals surface area (Å²) in [5, 5.41) is 8.40. The highest BCUT2D eigenvalue weighted by atomic mass is 16.6. The molecule has 1 aliphatic heterocycles. The van der Waals surface area contributed by atoms with Crippen molar-refractivity contribution in [1.29, 1.82) is 0 Å². The largest absolute Gasteiger partial charge is 0.480 e. The van der Waals surface area contributed by atoms with Crippen LogP contribution in [0, 0.1) is 0 Å². The molecule has 1 fully saturated rings. The molecule has 52 valence electrons. The Morgan fingerprint density at radius 1 is 1.78 bits per heavy atom. The van der Waals surface area contributed by atoms with E-state index in [4.69, 9.17) is 9.94 Å². The van der Waals surface area contributed by atoms with E-state index >= 15 is 0 Å². The quantitative estimate of drug-likeness (QED) is 0.515. The van der Waals surface area contributed by atoms with Gasteiger partial charge in [-0.3, -0.25) is 4.79 Å². The Morgan fingerprint density at radius 3 is 2.89 bits per heavy atom. The minimum Gasteiger partial charge on any atom is -0.480 e. The van der Waals surface area contributed by atoms with Crippen molar-refractivity contribution in [3.8, 4) is 0 Å². The lowest BCUT2D eigenvalue weighted by molar-refractivity contribution is -0.147. The maximum Gasteiger partial charge on any atom is 0.323 e. The van der Waals surface area contributed by atoms with Crippen LogP contribution in [-0.4, -0.2) is 23.7 Å². The maximum absolute atomic E-state index is 10.2. The average Bonchev–Trinajstić information content (AvgIpc) is 1.90. The van der Waals surface area contributed by atoms with Gasteiger partial charge in [0.15, 0.2) is 0 Å². The molecule has 0 radical (unpaired) electrons. The number of hydrogen-bond donors (Lipinski definition) is 2. The van der Waals surface area contributed by atoms with E-state index in [0.717, 1.165) is 6.42 Å². The Labute approximate surface area is 52.8 Å². The minimum atomic E-state index is -0.838. The van der Waals surface area contributed by atoms with Gasteiger partial charge in [-0.15, -0.1) is 0 Å². The highest BCUT2D eigenvalue weighted by Gasteiger charge is 2.19. The Bertz CT molecular complexity index is 109. The molecule has 4 heteroatoms. The van der Waals surface area contributed by atoms with Crippen molar-refractivity contribution < 1.29 is 14.7 Å². The Morgan fingerprint density at radius 2 is 2.56 bits per heavy atom. The molecule has 0 aliphatic carbocycles. The maximum atomic E-state index is 10.2. The Hall–Kier alpha value is -0.610. The molecule has 1 atom stereocenters. The molecule has 2 N–H and O–H groups in total. The van der Waals surface area contributed by atoms with Crippen LogP contribution < -0.4 is 5.48 Å². The van der Waals surface area contributed by atoms with Gasteiger partial charge in [-0.05, 0) is 12.8 Å². The second-order valence-corrected chi connectivity index (χ2v) is 2.00. The number of hydroxylamine groups is 1. The van der Waals surface area contributed by atoms with E-state index in [9.17, 15) is 4.79 Å². The first-order valence-electron chi connectivity index (χ1n) is 2.91. The molecule has 1 saturated heterocycles. The molecule has 0 saturated carbocycles. The average molecular weight is 131 g/mol. The summed E-state index contributed by atoms with van der Waals surface area (Å²) in [6, 6.07) is -0.501. The summed E-state index contributed by atoms with van der Waals surface area (Å²) in [6.45, 7) is 0.615. The van der Waals surface area contributed by atoms with Crippen LogP contribution >= 0.6 is 0 Å². The fraction of sp³-hybridized carbons (Fsp3) is 0.800. The summed E-state index contributed by atoms with van der Waals surface area (Å²) >= 11 is 0. The van der Waals surface area contributed by atoms with Gasteiger partial charge in [0.25, 0.3) is 0 Å². The number of rotatable bonds is 1. The molecule has 0 aromatic heterocycles. The Kier molecular flexibility index (Phi) is 2.02. The standard InChI is InChI=1S/C5H9NO3/c7-5(8)4-2-1-3-9-6-4/h4,6H,1-3H2,(H,7,8)/t4-/m0/s1. The van der Waals surface area contributed by atoms with Gasteiger partial charge in [0.05, 0.1) is 6.61 Å². The number of carboxylic acid groups (broad SMARTS) is 1. The summed E-state index contributed by atoms with van der Waals surface area (Å²) in [7, 11) is 0. The lowest BCUT2D eigenvalue weighted by Crippen LogP contribution is -2.40. The summed E-state index contributed by atoms with van der Waals surface area (Å²) in [6.07, 6.45) is 1.49. The van der Waals surface area contributed by atoms with Gasteiger partial charge in [-0.1, -0.05) is 0 Å². The van der Waals surface area contributed by atoms with Gasteiger partial charge in [0, 0.05) is 0 Å². The summed E-state index contributed by atoms with van der Waals surface area (Å²) in [5.41, 5.74) is 2.42. The first-order valence-corrected chi connectivity index (χ1v) is 2.91. The molecule has 1 heterocycles. The monoisotopic (exact) mass is 131 g/mol. The molecule has 0 aromatic rings. The third-order valence-corrected chi connectivity index (χ3v) is 1.26. The van der Waals surface area contributed by atoms with Crippen LogP contribution in [0.25, 0.3) is 0 Å². The van der Waals surface area contributed by atoms with Crippen LogP contribution in [0.4, 0.5) is 0 Å². The lowest BCUT2D eigenvalue weighted by atomic mass is 10.1. The summed E-state index contributed by atoms with van der Waals surface area (Å²) in [5.74, 6) is -0.838. The molecule has 1 aliphatic rings. The molecular weight excluding hydrogens is 122 g/mol. The smallest absolute Gasteiger partial charge is 0.323 e. The molecule has 0 aromatic carbocycles. The van der Waals surface area contributed by atoms with Crippen molar-refractivity contribution in [1.82, 2.24) is 5.48 Å². The van der Waals surface area contributed by atoms with Gasteiger partial charge in [0.2, 0.25) is 0 Å². The van der Waals surface area contributed by atoms with Crippen molar-refractivity contribution in [2.75, 3.05) is 6.61 Å². The number of aliphatic carboxylic acids is 1. The van der Waals surface area contributed by atoms with E-state index in [-0.39, 0.29) is 0 Å². The molecule has 0 unspecified atom stereocenters. The highest BCUT2D eigenvalue weighted by Crippen LogP contribution is 2.02. The predicted molar refractivity (Wildman–Crippen MR) is 29.7 cm³/mol. The van der Waals surface area contributed by atoms with E-state index in [1.165, 1.54) is 0 Å². The van der Waals surface area contributed by atoms with E-state index in [2.05, 4.69) is 5.48 Å². The number of carboxylic acids is 1. The van der Waals surface area contributed by atoms with Crippen molar-refractivity contribution in [2.45, 2.75) is 18.9 Å². The lowest BCUT2D eigenvalue weighted by Gasteiger charge is -2.18. The van der Waals surface area contributed by atoms with Crippen LogP contribution in [0.3, 0.4) is 0 Å². The second kappa shape index (κ2) is 2.80. The zero-order valence-corrected chi connectivity index (χ0v) is 4.96. The molecule has 0 spiro atoms. The van der Waals surface area contributed by atoms with Crippen LogP contribution in [0.2, 0.25) is 0 Å². The summed E-state index contributed by atoms with van der Waals surface area (Å²) < 4.78 is 0. The third kappa shape index (κ3) is 1.65. The Balaban J connectivity index is 2.31. The normalized spacial score (nSPS) is 27.8. The second-order valence-electron chi connectivity index (χ2n) is 2.00.